The Balaban J connectivity index is 1.92. The average Bonchev–Trinajstić information content (AvgIpc) is 2.99. The molecule has 1 N–H and O–H groups in total. The Labute approximate surface area is 101 Å². The first-order chi connectivity index (χ1) is 7.16. The monoisotopic (exact) mass is 243 g/mol. The molecule has 0 amide bonds. The molecule has 0 saturated heterocycles. The van der Waals surface area contributed by atoms with Crippen molar-refractivity contribution in [1.82, 2.24) is 5.32 Å². The summed E-state index contributed by atoms with van der Waals surface area (Å²) in [6, 6.07) is 6.25. The minimum absolute atomic E-state index is 0.594. The van der Waals surface area contributed by atoms with E-state index >= 15 is 0 Å². The van der Waals surface area contributed by atoms with E-state index < -0.39 is 0 Å². The Morgan fingerprint density at radius 3 is 2.73 bits per heavy atom. The van der Waals surface area contributed by atoms with Crippen molar-refractivity contribution in [2.75, 3.05) is 0 Å². The van der Waals surface area contributed by atoms with Crippen LogP contribution in [0.5, 0.6) is 0 Å². The van der Waals surface area contributed by atoms with Crippen LogP contribution in [0.3, 0.4) is 0 Å². The molecule has 1 fully saturated rings. The van der Waals surface area contributed by atoms with Crippen LogP contribution in [0.4, 0.5) is 0 Å². The Kier molecular flexibility index (Phi) is 3.55. The molecule has 0 aliphatic heterocycles. The van der Waals surface area contributed by atoms with Crippen molar-refractivity contribution in [3.63, 3.8) is 0 Å². The molecule has 15 heavy (non-hydrogen) atoms. The van der Waals surface area contributed by atoms with Crippen molar-refractivity contribution in [3.8, 4) is 0 Å². The zero-order valence-electron chi connectivity index (χ0n) is 8.76. The molecule has 0 bridgehead atoms. The molecule has 1 unspecified atom stereocenters. The molecule has 0 spiro atoms. The number of hydrogen-bond acceptors (Lipinski definition) is 1. The summed E-state index contributed by atoms with van der Waals surface area (Å²) >= 11 is 11.9. The van der Waals surface area contributed by atoms with Crippen LogP contribution in [0, 0.1) is 5.92 Å². The number of rotatable bonds is 4. The molecule has 0 heterocycles. The van der Waals surface area contributed by atoms with Gasteiger partial charge in [0.2, 0.25) is 0 Å². The van der Waals surface area contributed by atoms with Gasteiger partial charge in [0.05, 0.1) is 0 Å². The lowest BCUT2D eigenvalue weighted by Gasteiger charge is -2.13. The highest BCUT2D eigenvalue weighted by atomic mass is 35.5. The summed E-state index contributed by atoms with van der Waals surface area (Å²) in [6.45, 7) is 3.06. The second kappa shape index (κ2) is 4.73. The highest BCUT2D eigenvalue weighted by molar-refractivity contribution is 6.35. The number of hydrogen-bond donors (Lipinski definition) is 1. The fourth-order valence-electron chi connectivity index (χ4n) is 1.70. The van der Waals surface area contributed by atoms with Gasteiger partial charge >= 0.3 is 0 Å². The Morgan fingerprint density at radius 1 is 1.40 bits per heavy atom. The molecule has 2 rings (SSSR count). The predicted octanol–water partition coefficient (Wildman–Crippen LogP) is 3.88. The van der Waals surface area contributed by atoms with Crippen LogP contribution in [0.2, 0.25) is 10.0 Å². The third-order valence-corrected chi connectivity index (χ3v) is 3.55. The first-order valence-electron chi connectivity index (χ1n) is 5.34. The van der Waals surface area contributed by atoms with Crippen molar-refractivity contribution < 1.29 is 0 Å². The lowest BCUT2D eigenvalue weighted by Crippen LogP contribution is -2.27. The second-order valence-corrected chi connectivity index (χ2v) is 5.09. The maximum Gasteiger partial charge on any atom is 0.0465 e. The largest absolute Gasteiger partial charge is 0.310 e. The summed E-state index contributed by atoms with van der Waals surface area (Å²) in [5.74, 6) is 0.871. The SMILES string of the molecule is CC(NCc1ccc(Cl)cc1Cl)C1CC1. The van der Waals surface area contributed by atoms with Gasteiger partial charge in [-0.25, -0.2) is 0 Å². The Bertz CT molecular complexity index is 347. The van der Waals surface area contributed by atoms with E-state index in [2.05, 4.69) is 12.2 Å². The summed E-state index contributed by atoms with van der Waals surface area (Å²) in [4.78, 5) is 0. The molecule has 82 valence electrons. The van der Waals surface area contributed by atoms with Crippen molar-refractivity contribution >= 4 is 23.2 Å². The predicted molar refractivity (Wildman–Crippen MR) is 65.5 cm³/mol. The van der Waals surface area contributed by atoms with Crippen molar-refractivity contribution in [3.05, 3.63) is 33.8 Å². The van der Waals surface area contributed by atoms with Gasteiger partial charge in [-0.1, -0.05) is 29.3 Å². The maximum atomic E-state index is 6.08. The first kappa shape index (κ1) is 11.3. The molecule has 1 aliphatic rings. The molecular weight excluding hydrogens is 229 g/mol. The Hall–Kier alpha value is -0.240. The van der Waals surface area contributed by atoms with E-state index in [9.17, 15) is 0 Å². The highest BCUT2D eigenvalue weighted by Crippen LogP contribution is 2.32. The standard InChI is InChI=1S/C12H15Cl2N/c1-8(9-2-3-9)15-7-10-4-5-11(13)6-12(10)14/h4-6,8-9,15H,2-3,7H2,1H3. The number of halogens is 2. The zero-order chi connectivity index (χ0) is 10.8. The fourth-order valence-corrected chi connectivity index (χ4v) is 2.17. The molecule has 1 atom stereocenters. The van der Waals surface area contributed by atoms with Crippen LogP contribution in [0.25, 0.3) is 0 Å². The molecule has 0 radical (unpaired) electrons. The average molecular weight is 244 g/mol. The van der Waals surface area contributed by atoms with Crippen molar-refractivity contribution in [2.24, 2.45) is 5.92 Å². The molecule has 1 aromatic carbocycles. The van der Waals surface area contributed by atoms with Crippen LogP contribution in [0.1, 0.15) is 25.3 Å². The minimum Gasteiger partial charge on any atom is -0.310 e. The van der Waals surface area contributed by atoms with Crippen LogP contribution in [0.15, 0.2) is 18.2 Å². The second-order valence-electron chi connectivity index (χ2n) is 4.24. The highest BCUT2D eigenvalue weighted by Gasteiger charge is 2.27. The van der Waals surface area contributed by atoms with Gasteiger partial charge in [0.25, 0.3) is 0 Å². The van der Waals surface area contributed by atoms with Gasteiger partial charge < -0.3 is 5.32 Å². The van der Waals surface area contributed by atoms with E-state index in [-0.39, 0.29) is 0 Å². The molecule has 0 aromatic heterocycles. The van der Waals surface area contributed by atoms with Crippen LogP contribution in [-0.2, 0) is 6.54 Å². The van der Waals surface area contributed by atoms with Gasteiger partial charge in [-0.05, 0) is 43.4 Å². The summed E-state index contributed by atoms with van der Waals surface area (Å²) < 4.78 is 0. The summed E-state index contributed by atoms with van der Waals surface area (Å²) in [5.41, 5.74) is 1.12. The fraction of sp³-hybridized carbons (Fsp3) is 0.500. The topological polar surface area (TPSA) is 12.0 Å². The first-order valence-corrected chi connectivity index (χ1v) is 6.09. The van der Waals surface area contributed by atoms with Crippen molar-refractivity contribution in [1.29, 1.82) is 0 Å². The zero-order valence-corrected chi connectivity index (χ0v) is 10.3. The Morgan fingerprint density at radius 2 is 2.13 bits per heavy atom. The van der Waals surface area contributed by atoms with Gasteiger partial charge in [0.1, 0.15) is 0 Å². The van der Waals surface area contributed by atoms with E-state index in [0.29, 0.717) is 11.1 Å². The van der Waals surface area contributed by atoms with Crippen LogP contribution >= 0.6 is 23.2 Å². The normalized spacial score (nSPS) is 17.8. The lowest BCUT2D eigenvalue weighted by atomic mass is 10.2. The van der Waals surface area contributed by atoms with E-state index in [0.717, 1.165) is 23.0 Å². The van der Waals surface area contributed by atoms with E-state index in [1.807, 2.05) is 12.1 Å². The van der Waals surface area contributed by atoms with E-state index in [1.54, 1.807) is 6.07 Å². The summed E-state index contributed by atoms with van der Waals surface area (Å²) in [6.07, 6.45) is 2.73. The van der Waals surface area contributed by atoms with Gasteiger partial charge in [0.15, 0.2) is 0 Å². The number of nitrogens with one attached hydrogen (secondary N) is 1. The van der Waals surface area contributed by atoms with Gasteiger partial charge in [-0.2, -0.15) is 0 Å². The van der Waals surface area contributed by atoms with Gasteiger partial charge in [-0.3, -0.25) is 0 Å². The minimum atomic E-state index is 0.594. The maximum absolute atomic E-state index is 6.08. The third-order valence-electron chi connectivity index (χ3n) is 2.96. The third kappa shape index (κ3) is 3.10. The molecular formula is C12H15Cl2N. The van der Waals surface area contributed by atoms with Crippen molar-refractivity contribution in [2.45, 2.75) is 32.4 Å². The van der Waals surface area contributed by atoms with Gasteiger partial charge in [-0.15, -0.1) is 0 Å². The van der Waals surface area contributed by atoms with Crippen LogP contribution < -0.4 is 5.32 Å². The quantitative estimate of drug-likeness (QED) is 0.847. The molecule has 3 heteroatoms. The molecule has 1 nitrogen and oxygen atoms in total. The van der Waals surface area contributed by atoms with E-state index in [1.165, 1.54) is 12.8 Å². The summed E-state index contributed by atoms with van der Waals surface area (Å²) in [5, 5.41) is 4.94. The summed E-state index contributed by atoms with van der Waals surface area (Å²) in [7, 11) is 0. The number of benzene rings is 1. The lowest BCUT2D eigenvalue weighted by molar-refractivity contribution is 0.496. The molecule has 1 aromatic rings. The smallest absolute Gasteiger partial charge is 0.0465 e. The molecule has 1 saturated carbocycles. The van der Waals surface area contributed by atoms with Crippen LogP contribution in [-0.4, -0.2) is 6.04 Å². The van der Waals surface area contributed by atoms with Gasteiger partial charge in [0, 0.05) is 22.6 Å². The van der Waals surface area contributed by atoms with E-state index in [4.69, 9.17) is 23.2 Å². The molecule has 1 aliphatic carbocycles.